The quantitative estimate of drug-likeness (QED) is 0.923. The van der Waals surface area contributed by atoms with Gasteiger partial charge in [0.1, 0.15) is 11.9 Å². The number of nitrogens with zero attached hydrogens (tertiary/aromatic N) is 2. The van der Waals surface area contributed by atoms with Gasteiger partial charge in [0.2, 0.25) is 0 Å². The van der Waals surface area contributed by atoms with E-state index in [0.29, 0.717) is 0 Å². The van der Waals surface area contributed by atoms with Crippen LogP contribution in [-0.2, 0) is 7.05 Å². The molecule has 6 heteroatoms. The fourth-order valence-corrected chi connectivity index (χ4v) is 1.77. The van der Waals surface area contributed by atoms with Crippen molar-refractivity contribution < 1.29 is 13.5 Å². The van der Waals surface area contributed by atoms with Gasteiger partial charge in [-0.05, 0) is 19.1 Å². The van der Waals surface area contributed by atoms with Gasteiger partial charge in [-0.3, -0.25) is 4.68 Å². The summed E-state index contributed by atoms with van der Waals surface area (Å²) in [5.74, 6) is -1.44. The van der Waals surface area contributed by atoms with Gasteiger partial charge in [-0.15, -0.1) is 0 Å². The van der Waals surface area contributed by atoms with Crippen LogP contribution in [0.25, 0.3) is 0 Å². The Balaban J connectivity index is 2.26. The number of hydrogen-bond donors (Lipinski definition) is 1. The maximum absolute atomic E-state index is 13.6. The van der Waals surface area contributed by atoms with Crippen molar-refractivity contribution in [3.63, 3.8) is 0 Å². The number of aromatic nitrogens is 2. The van der Waals surface area contributed by atoms with E-state index in [9.17, 15) is 8.78 Å². The zero-order valence-electron chi connectivity index (χ0n) is 10.7. The molecule has 0 spiro atoms. The summed E-state index contributed by atoms with van der Waals surface area (Å²) in [7, 11) is 1.76. The Morgan fingerprint density at radius 1 is 1.37 bits per heavy atom. The maximum atomic E-state index is 13.6. The molecule has 0 radical (unpaired) electrons. The predicted molar refractivity (Wildman–Crippen MR) is 66.6 cm³/mol. The average Bonchev–Trinajstić information content (AvgIpc) is 2.74. The fourth-order valence-electron chi connectivity index (χ4n) is 1.77. The SMILES string of the molecule is CC(N)C(Oc1ccc(F)cc1F)c1cnn(C)c1. The lowest BCUT2D eigenvalue weighted by Crippen LogP contribution is -2.29. The van der Waals surface area contributed by atoms with Crippen molar-refractivity contribution in [2.45, 2.75) is 19.1 Å². The number of halogens is 2. The molecule has 0 saturated heterocycles. The molecule has 4 nitrogen and oxygen atoms in total. The van der Waals surface area contributed by atoms with Crippen molar-refractivity contribution in [1.29, 1.82) is 0 Å². The minimum absolute atomic E-state index is 0.0347. The largest absolute Gasteiger partial charge is 0.481 e. The summed E-state index contributed by atoms with van der Waals surface area (Å²) in [6.45, 7) is 1.75. The van der Waals surface area contributed by atoms with Crippen molar-refractivity contribution in [2.24, 2.45) is 12.8 Å². The van der Waals surface area contributed by atoms with Gasteiger partial charge in [-0.2, -0.15) is 5.10 Å². The minimum atomic E-state index is -0.755. The molecule has 0 saturated carbocycles. The molecule has 0 aliphatic carbocycles. The van der Waals surface area contributed by atoms with Crippen LogP contribution in [0.4, 0.5) is 8.78 Å². The topological polar surface area (TPSA) is 53.1 Å². The molecule has 0 amide bonds. The van der Waals surface area contributed by atoms with Crippen LogP contribution >= 0.6 is 0 Å². The first-order valence-electron chi connectivity index (χ1n) is 5.83. The summed E-state index contributed by atoms with van der Waals surface area (Å²) in [4.78, 5) is 0. The van der Waals surface area contributed by atoms with Gasteiger partial charge in [0.25, 0.3) is 0 Å². The van der Waals surface area contributed by atoms with Crippen LogP contribution in [0.5, 0.6) is 5.75 Å². The van der Waals surface area contributed by atoms with E-state index < -0.39 is 17.7 Å². The molecular weight excluding hydrogens is 252 g/mol. The Morgan fingerprint density at radius 3 is 2.63 bits per heavy atom. The summed E-state index contributed by atoms with van der Waals surface area (Å²) in [5.41, 5.74) is 6.58. The maximum Gasteiger partial charge on any atom is 0.168 e. The molecular formula is C13H15F2N3O. The number of benzene rings is 1. The highest BCUT2D eigenvalue weighted by Crippen LogP contribution is 2.26. The highest BCUT2D eigenvalue weighted by atomic mass is 19.1. The first kappa shape index (κ1) is 13.5. The second kappa shape index (κ2) is 5.36. The van der Waals surface area contributed by atoms with Crippen LogP contribution in [0.3, 0.4) is 0 Å². The molecule has 19 heavy (non-hydrogen) atoms. The van der Waals surface area contributed by atoms with Gasteiger partial charge >= 0.3 is 0 Å². The summed E-state index contributed by atoms with van der Waals surface area (Å²) in [6.07, 6.45) is 2.80. The van der Waals surface area contributed by atoms with Crippen molar-refractivity contribution in [2.75, 3.05) is 0 Å². The van der Waals surface area contributed by atoms with E-state index in [2.05, 4.69) is 5.10 Å². The standard InChI is InChI=1S/C13H15F2N3O/c1-8(16)13(9-6-17-18(2)7-9)19-12-4-3-10(14)5-11(12)15/h3-8,13H,16H2,1-2H3. The molecule has 1 aromatic heterocycles. The molecule has 0 fully saturated rings. The van der Waals surface area contributed by atoms with Gasteiger partial charge in [0.05, 0.1) is 6.20 Å². The van der Waals surface area contributed by atoms with E-state index in [1.165, 1.54) is 6.07 Å². The second-order valence-corrected chi connectivity index (χ2v) is 4.42. The van der Waals surface area contributed by atoms with Crippen molar-refractivity contribution in [3.8, 4) is 5.75 Å². The van der Waals surface area contributed by atoms with Gasteiger partial charge in [-0.25, -0.2) is 8.78 Å². The summed E-state index contributed by atoms with van der Waals surface area (Å²) >= 11 is 0. The smallest absolute Gasteiger partial charge is 0.168 e. The lowest BCUT2D eigenvalue weighted by molar-refractivity contribution is 0.172. The molecule has 0 bridgehead atoms. The third kappa shape index (κ3) is 3.08. The molecule has 2 unspecified atom stereocenters. The van der Waals surface area contributed by atoms with Crippen LogP contribution < -0.4 is 10.5 Å². The lowest BCUT2D eigenvalue weighted by atomic mass is 10.1. The predicted octanol–water partition coefficient (Wildman–Crippen LogP) is 2.17. The van der Waals surface area contributed by atoms with E-state index in [0.717, 1.165) is 17.7 Å². The third-order valence-electron chi connectivity index (χ3n) is 2.68. The van der Waals surface area contributed by atoms with Crippen molar-refractivity contribution in [3.05, 3.63) is 47.8 Å². The normalized spacial score (nSPS) is 14.2. The molecule has 1 aromatic carbocycles. The summed E-state index contributed by atoms with van der Waals surface area (Å²) < 4.78 is 33.6. The monoisotopic (exact) mass is 267 g/mol. The van der Waals surface area contributed by atoms with Crippen LogP contribution in [-0.4, -0.2) is 15.8 Å². The first-order valence-corrected chi connectivity index (χ1v) is 5.83. The van der Waals surface area contributed by atoms with Crippen LogP contribution in [0.2, 0.25) is 0 Å². The molecule has 0 aliphatic heterocycles. The van der Waals surface area contributed by atoms with Crippen LogP contribution in [0, 0.1) is 11.6 Å². The molecule has 2 atom stereocenters. The molecule has 0 aliphatic rings. The van der Waals surface area contributed by atoms with Crippen LogP contribution in [0.1, 0.15) is 18.6 Å². The molecule has 2 aromatic rings. The average molecular weight is 267 g/mol. The number of aryl methyl sites for hydroxylation is 1. The van der Waals surface area contributed by atoms with Crippen LogP contribution in [0.15, 0.2) is 30.6 Å². The zero-order valence-corrected chi connectivity index (χ0v) is 10.7. The third-order valence-corrected chi connectivity index (χ3v) is 2.68. The van der Waals surface area contributed by atoms with Crippen molar-refractivity contribution >= 4 is 0 Å². The number of ether oxygens (including phenoxy) is 1. The van der Waals surface area contributed by atoms with Gasteiger partial charge < -0.3 is 10.5 Å². The Morgan fingerprint density at radius 2 is 2.11 bits per heavy atom. The Bertz CT molecular complexity index is 569. The van der Waals surface area contributed by atoms with E-state index in [1.807, 2.05) is 0 Å². The fraction of sp³-hybridized carbons (Fsp3) is 0.308. The number of hydrogen-bond acceptors (Lipinski definition) is 3. The van der Waals surface area contributed by atoms with Crippen molar-refractivity contribution in [1.82, 2.24) is 9.78 Å². The second-order valence-electron chi connectivity index (χ2n) is 4.42. The highest BCUT2D eigenvalue weighted by Gasteiger charge is 2.21. The first-order chi connectivity index (χ1) is 8.97. The minimum Gasteiger partial charge on any atom is -0.481 e. The highest BCUT2D eigenvalue weighted by molar-refractivity contribution is 5.26. The Hall–Kier alpha value is -1.95. The van der Waals surface area contributed by atoms with E-state index >= 15 is 0 Å². The van der Waals surface area contributed by atoms with E-state index in [4.69, 9.17) is 10.5 Å². The van der Waals surface area contributed by atoms with E-state index in [-0.39, 0.29) is 11.8 Å². The number of rotatable bonds is 4. The molecule has 1 heterocycles. The van der Waals surface area contributed by atoms with Gasteiger partial charge in [0, 0.05) is 30.9 Å². The molecule has 2 rings (SSSR count). The Labute approximate surface area is 109 Å². The Kier molecular flexibility index (Phi) is 3.80. The molecule has 102 valence electrons. The van der Waals surface area contributed by atoms with Gasteiger partial charge in [-0.1, -0.05) is 0 Å². The van der Waals surface area contributed by atoms with E-state index in [1.54, 1.807) is 31.0 Å². The van der Waals surface area contributed by atoms with Gasteiger partial charge in [0.15, 0.2) is 11.6 Å². The summed E-state index contributed by atoms with van der Waals surface area (Å²) in [5, 5.41) is 4.03. The molecule has 2 N–H and O–H groups in total. The summed E-state index contributed by atoms with van der Waals surface area (Å²) in [6, 6.07) is 2.79. The zero-order chi connectivity index (χ0) is 14.0. The lowest BCUT2D eigenvalue weighted by Gasteiger charge is -2.21. The number of nitrogens with two attached hydrogens (primary N) is 1.